The summed E-state index contributed by atoms with van der Waals surface area (Å²) >= 11 is 0. The molecule has 3 aromatic rings. The molecule has 4 heteroatoms. The second-order valence-electron chi connectivity index (χ2n) is 5.31. The Bertz CT molecular complexity index is 844. The third-order valence-corrected chi connectivity index (χ3v) is 3.64. The Kier molecular flexibility index (Phi) is 3.90. The fourth-order valence-electron chi connectivity index (χ4n) is 2.42. The Morgan fingerprint density at radius 1 is 0.565 bits per heavy atom. The van der Waals surface area contributed by atoms with Gasteiger partial charge in [0, 0.05) is 5.56 Å². The third-order valence-electron chi connectivity index (χ3n) is 3.64. The lowest BCUT2D eigenvalue weighted by Crippen LogP contribution is -1.92. The van der Waals surface area contributed by atoms with Crippen molar-refractivity contribution < 1.29 is 17.6 Å². The summed E-state index contributed by atoms with van der Waals surface area (Å²) < 4.78 is 53.6. The molecular weight excluding hydrogens is 304 g/mol. The highest BCUT2D eigenvalue weighted by atomic mass is 19.2. The topological polar surface area (TPSA) is 0 Å². The Hall–Kier alpha value is -2.62. The highest BCUT2D eigenvalue weighted by Gasteiger charge is 2.12. The van der Waals surface area contributed by atoms with Crippen LogP contribution in [0.15, 0.2) is 54.6 Å². The Morgan fingerprint density at radius 2 is 1.13 bits per heavy atom. The highest BCUT2D eigenvalue weighted by Crippen LogP contribution is 2.28. The van der Waals surface area contributed by atoms with E-state index in [-0.39, 0.29) is 11.4 Å². The van der Waals surface area contributed by atoms with Gasteiger partial charge in [-0.15, -0.1) is 0 Å². The van der Waals surface area contributed by atoms with E-state index < -0.39 is 17.5 Å². The van der Waals surface area contributed by atoms with Crippen LogP contribution in [0.3, 0.4) is 0 Å². The van der Waals surface area contributed by atoms with Crippen LogP contribution in [0.5, 0.6) is 0 Å². The van der Waals surface area contributed by atoms with Gasteiger partial charge in [-0.3, -0.25) is 0 Å². The van der Waals surface area contributed by atoms with E-state index in [0.717, 1.165) is 17.7 Å². The van der Waals surface area contributed by atoms with Crippen LogP contribution in [0.2, 0.25) is 0 Å². The molecule has 3 rings (SSSR count). The first-order valence-electron chi connectivity index (χ1n) is 6.97. The Balaban J connectivity index is 1.99. The molecule has 0 aromatic heterocycles. The molecule has 0 radical (unpaired) electrons. The lowest BCUT2D eigenvalue weighted by Gasteiger charge is -2.07. The van der Waals surface area contributed by atoms with E-state index in [4.69, 9.17) is 0 Å². The highest BCUT2D eigenvalue weighted by molar-refractivity contribution is 5.71. The zero-order valence-corrected chi connectivity index (χ0v) is 12.2. The summed E-state index contributed by atoms with van der Waals surface area (Å²) in [6.45, 7) is 1.80. The molecule has 0 bridgehead atoms. The van der Waals surface area contributed by atoms with Crippen LogP contribution >= 0.6 is 0 Å². The van der Waals surface area contributed by atoms with Crippen LogP contribution < -0.4 is 0 Å². The van der Waals surface area contributed by atoms with Gasteiger partial charge < -0.3 is 0 Å². The minimum Gasteiger partial charge on any atom is -0.206 e. The van der Waals surface area contributed by atoms with Crippen LogP contribution in [0.25, 0.3) is 22.3 Å². The van der Waals surface area contributed by atoms with Crippen LogP contribution in [0, 0.1) is 30.2 Å². The van der Waals surface area contributed by atoms with Crippen LogP contribution in [0.1, 0.15) is 5.56 Å². The molecule has 0 atom stereocenters. The van der Waals surface area contributed by atoms with E-state index >= 15 is 0 Å². The van der Waals surface area contributed by atoms with Crippen molar-refractivity contribution in [2.45, 2.75) is 6.92 Å². The van der Waals surface area contributed by atoms with E-state index in [9.17, 15) is 17.6 Å². The van der Waals surface area contributed by atoms with Gasteiger partial charge >= 0.3 is 0 Å². The molecule has 0 saturated carbocycles. The van der Waals surface area contributed by atoms with Gasteiger partial charge in [0.2, 0.25) is 0 Å². The second-order valence-corrected chi connectivity index (χ2v) is 5.31. The molecule has 0 fully saturated rings. The molecule has 0 heterocycles. The quantitative estimate of drug-likeness (QED) is 0.409. The van der Waals surface area contributed by atoms with Gasteiger partial charge in [-0.05, 0) is 47.4 Å². The fourth-order valence-corrected chi connectivity index (χ4v) is 2.42. The molecule has 116 valence electrons. The van der Waals surface area contributed by atoms with Crippen molar-refractivity contribution in [3.05, 3.63) is 83.4 Å². The molecule has 0 unspecified atom stereocenters. The Labute approximate surface area is 131 Å². The monoisotopic (exact) mass is 316 g/mol. The minimum absolute atomic E-state index is 0.220. The largest absolute Gasteiger partial charge is 0.206 e. The van der Waals surface area contributed by atoms with E-state index in [0.29, 0.717) is 16.7 Å². The van der Waals surface area contributed by atoms with E-state index in [1.54, 1.807) is 43.3 Å². The van der Waals surface area contributed by atoms with Crippen LogP contribution in [0.4, 0.5) is 17.6 Å². The molecule has 3 aromatic carbocycles. The molecule has 0 N–H and O–H groups in total. The van der Waals surface area contributed by atoms with Crippen LogP contribution in [-0.4, -0.2) is 0 Å². The predicted molar refractivity (Wildman–Crippen MR) is 81.9 cm³/mol. The van der Waals surface area contributed by atoms with Gasteiger partial charge in [0.25, 0.3) is 0 Å². The molecule has 0 amide bonds. The second kappa shape index (κ2) is 5.88. The van der Waals surface area contributed by atoms with Gasteiger partial charge in [0.05, 0.1) is 0 Å². The lowest BCUT2D eigenvalue weighted by atomic mass is 9.99. The zero-order valence-electron chi connectivity index (χ0n) is 12.2. The van der Waals surface area contributed by atoms with Crippen molar-refractivity contribution in [3.63, 3.8) is 0 Å². The first kappa shape index (κ1) is 15.3. The number of halogens is 4. The lowest BCUT2D eigenvalue weighted by molar-refractivity contribution is 0.448. The van der Waals surface area contributed by atoms with E-state index in [1.807, 2.05) is 0 Å². The van der Waals surface area contributed by atoms with Gasteiger partial charge in [-0.2, -0.15) is 0 Å². The SMILES string of the molecule is Cc1ccc(-c2ccc(-c3cc(F)c(F)c(F)c3)cc2)c(F)c1. The number of benzene rings is 3. The predicted octanol–water partition coefficient (Wildman–Crippen LogP) is 5.89. The smallest absolute Gasteiger partial charge is 0.194 e. The van der Waals surface area contributed by atoms with Gasteiger partial charge in [0.15, 0.2) is 17.5 Å². The maximum absolute atomic E-state index is 14.0. The molecule has 0 aliphatic heterocycles. The summed E-state index contributed by atoms with van der Waals surface area (Å²) in [6, 6.07) is 13.3. The summed E-state index contributed by atoms with van der Waals surface area (Å²) in [5.74, 6) is -4.31. The zero-order chi connectivity index (χ0) is 16.6. The standard InChI is InChI=1S/C19H12F4/c1-11-2-7-15(16(20)8-11)13-5-3-12(4-6-13)14-9-17(21)19(23)18(22)10-14/h2-10H,1H3. The van der Waals surface area contributed by atoms with Crippen LogP contribution in [-0.2, 0) is 0 Å². The van der Waals surface area contributed by atoms with Gasteiger partial charge in [-0.25, -0.2) is 17.6 Å². The molecule has 0 aliphatic rings. The first-order chi connectivity index (χ1) is 11.0. The summed E-state index contributed by atoms with van der Waals surface area (Å²) in [6.07, 6.45) is 0. The van der Waals surface area contributed by atoms with E-state index in [2.05, 4.69) is 0 Å². The molecular formula is C19H12F4. The fraction of sp³-hybridized carbons (Fsp3) is 0.0526. The Morgan fingerprint density at radius 3 is 1.70 bits per heavy atom. The van der Waals surface area contributed by atoms with Crippen molar-refractivity contribution in [3.8, 4) is 22.3 Å². The van der Waals surface area contributed by atoms with Crippen molar-refractivity contribution in [1.29, 1.82) is 0 Å². The molecule has 0 spiro atoms. The summed E-state index contributed by atoms with van der Waals surface area (Å²) in [5, 5.41) is 0. The first-order valence-corrected chi connectivity index (χ1v) is 6.97. The molecule has 0 saturated heterocycles. The maximum Gasteiger partial charge on any atom is 0.194 e. The normalized spacial score (nSPS) is 10.8. The number of aryl methyl sites for hydroxylation is 1. The van der Waals surface area contributed by atoms with Crippen molar-refractivity contribution in [2.24, 2.45) is 0 Å². The van der Waals surface area contributed by atoms with Gasteiger partial charge in [-0.1, -0.05) is 36.4 Å². The number of hydrogen-bond donors (Lipinski definition) is 0. The number of rotatable bonds is 2. The number of hydrogen-bond acceptors (Lipinski definition) is 0. The van der Waals surface area contributed by atoms with Crippen molar-refractivity contribution in [2.75, 3.05) is 0 Å². The average Bonchev–Trinajstić information content (AvgIpc) is 2.52. The van der Waals surface area contributed by atoms with Crippen molar-refractivity contribution >= 4 is 0 Å². The molecule has 23 heavy (non-hydrogen) atoms. The molecule has 0 nitrogen and oxygen atoms in total. The summed E-state index contributed by atoms with van der Waals surface area (Å²) in [7, 11) is 0. The molecule has 0 aliphatic carbocycles. The third kappa shape index (κ3) is 2.97. The maximum atomic E-state index is 14.0. The van der Waals surface area contributed by atoms with Gasteiger partial charge in [0.1, 0.15) is 5.82 Å². The minimum atomic E-state index is -1.49. The summed E-state index contributed by atoms with van der Waals surface area (Å²) in [5.41, 5.74) is 2.64. The van der Waals surface area contributed by atoms with E-state index in [1.165, 1.54) is 6.07 Å². The average molecular weight is 316 g/mol. The van der Waals surface area contributed by atoms with Crippen molar-refractivity contribution in [1.82, 2.24) is 0 Å². The summed E-state index contributed by atoms with van der Waals surface area (Å²) in [4.78, 5) is 0.